The van der Waals surface area contributed by atoms with Crippen molar-refractivity contribution >= 4 is 102 Å². The van der Waals surface area contributed by atoms with Gasteiger partial charge in [-0.05, 0) is 82.9 Å². The van der Waals surface area contributed by atoms with Crippen molar-refractivity contribution in [3.05, 3.63) is 176 Å². The van der Waals surface area contributed by atoms with Crippen molar-refractivity contribution in [2.45, 2.75) is 0 Å². The Morgan fingerprint density at radius 3 is 1.38 bits per heavy atom. The zero-order chi connectivity index (χ0) is 34.2. The minimum Gasteiger partial charge on any atom is -0.456 e. The maximum absolute atomic E-state index is 6.23. The van der Waals surface area contributed by atoms with Crippen molar-refractivity contribution in [2.75, 3.05) is 4.90 Å². The van der Waals surface area contributed by atoms with E-state index in [0.29, 0.717) is 0 Å². The molecule has 244 valence electrons. The summed E-state index contributed by atoms with van der Waals surface area (Å²) in [5.41, 5.74) is 10.0. The molecular formula is C48H29NOS2. The first-order chi connectivity index (χ1) is 25.8. The topological polar surface area (TPSA) is 16.4 Å². The molecule has 0 bridgehead atoms. The summed E-state index contributed by atoms with van der Waals surface area (Å²) in [5, 5.41) is 7.51. The summed E-state index contributed by atoms with van der Waals surface area (Å²) in [4.78, 5) is 2.36. The first-order valence-corrected chi connectivity index (χ1v) is 19.1. The van der Waals surface area contributed by atoms with E-state index >= 15 is 0 Å². The van der Waals surface area contributed by atoms with Crippen LogP contribution in [0.2, 0.25) is 0 Å². The van der Waals surface area contributed by atoms with Gasteiger partial charge in [0.1, 0.15) is 11.2 Å². The summed E-state index contributed by atoms with van der Waals surface area (Å²) >= 11 is 3.75. The van der Waals surface area contributed by atoms with E-state index in [0.717, 1.165) is 39.0 Å². The number of thiophene rings is 2. The standard InChI is InChI=1S/C48H29NOS2/c1-4-16-43-37(9-1)42-29-34(27-28-44(42)50-43)49(32-23-19-30(20-24-32)35-12-7-14-40-38-10-2-5-17-45(38)51-47(35)40)33-25-21-31(22-26-33)36-13-8-15-41-39-11-3-6-18-46(39)52-48(36)41/h1-29H. The van der Waals surface area contributed by atoms with E-state index in [1.54, 1.807) is 0 Å². The molecule has 52 heavy (non-hydrogen) atoms. The summed E-state index contributed by atoms with van der Waals surface area (Å²) in [6.07, 6.45) is 0. The van der Waals surface area contributed by atoms with Crippen LogP contribution in [-0.2, 0) is 0 Å². The first kappa shape index (κ1) is 29.5. The number of anilines is 3. The predicted molar refractivity (Wildman–Crippen MR) is 225 cm³/mol. The van der Waals surface area contributed by atoms with Crippen molar-refractivity contribution in [1.82, 2.24) is 0 Å². The van der Waals surface area contributed by atoms with Crippen LogP contribution in [-0.4, -0.2) is 0 Å². The average Bonchev–Trinajstić information content (AvgIpc) is 3.90. The highest BCUT2D eigenvalue weighted by Gasteiger charge is 2.18. The summed E-state index contributed by atoms with van der Waals surface area (Å²) in [6, 6.07) is 63.7. The van der Waals surface area contributed by atoms with Gasteiger partial charge in [-0.25, -0.2) is 0 Å². The van der Waals surface area contributed by atoms with Crippen LogP contribution >= 0.6 is 22.7 Å². The number of nitrogens with zero attached hydrogens (tertiary/aromatic N) is 1. The maximum atomic E-state index is 6.23. The third kappa shape index (κ3) is 4.62. The van der Waals surface area contributed by atoms with Crippen LogP contribution in [0.1, 0.15) is 0 Å². The van der Waals surface area contributed by atoms with E-state index in [1.807, 2.05) is 34.8 Å². The third-order valence-corrected chi connectivity index (χ3v) is 12.7. The van der Waals surface area contributed by atoms with Gasteiger partial charge in [0, 0.05) is 68.2 Å². The SMILES string of the molecule is c1ccc2c(c1)oc1ccc(N(c3ccc(-c4cccc5c4sc4ccccc45)cc3)c3ccc(-c4cccc5c4sc4ccccc45)cc3)cc12. The molecule has 0 radical (unpaired) electrons. The van der Waals surface area contributed by atoms with Crippen LogP contribution in [0.15, 0.2) is 180 Å². The molecular weight excluding hydrogens is 671 g/mol. The molecule has 0 N–H and O–H groups in total. The average molecular weight is 700 g/mol. The Morgan fingerprint density at radius 2 is 0.808 bits per heavy atom. The highest BCUT2D eigenvalue weighted by molar-refractivity contribution is 7.26. The highest BCUT2D eigenvalue weighted by Crippen LogP contribution is 2.44. The van der Waals surface area contributed by atoms with Crippen molar-refractivity contribution in [3.8, 4) is 22.3 Å². The van der Waals surface area contributed by atoms with Crippen molar-refractivity contribution < 1.29 is 4.42 Å². The van der Waals surface area contributed by atoms with Crippen LogP contribution in [0.25, 0.3) is 84.5 Å². The Hall–Kier alpha value is -6.20. The number of rotatable bonds is 5. The molecule has 2 nitrogen and oxygen atoms in total. The molecule has 0 fully saturated rings. The number of hydrogen-bond donors (Lipinski definition) is 0. The van der Waals surface area contributed by atoms with Crippen LogP contribution in [0, 0.1) is 0 Å². The minimum atomic E-state index is 0.892. The van der Waals surface area contributed by atoms with E-state index in [4.69, 9.17) is 4.42 Å². The van der Waals surface area contributed by atoms with Crippen molar-refractivity contribution in [1.29, 1.82) is 0 Å². The van der Waals surface area contributed by atoms with Gasteiger partial charge in [-0.2, -0.15) is 0 Å². The van der Waals surface area contributed by atoms with Crippen molar-refractivity contribution in [2.24, 2.45) is 0 Å². The number of para-hydroxylation sites is 1. The number of fused-ring (bicyclic) bond motifs is 9. The Kier molecular flexibility index (Phi) is 6.63. The Balaban J connectivity index is 1.04. The zero-order valence-corrected chi connectivity index (χ0v) is 29.5. The molecule has 0 aliphatic rings. The van der Waals surface area contributed by atoms with Crippen LogP contribution in [0.3, 0.4) is 0 Å². The lowest BCUT2D eigenvalue weighted by Crippen LogP contribution is -2.09. The van der Waals surface area contributed by atoms with Gasteiger partial charge in [0.2, 0.25) is 0 Å². The predicted octanol–water partition coefficient (Wildman–Crippen LogP) is 15.1. The second-order valence-electron chi connectivity index (χ2n) is 13.3. The maximum Gasteiger partial charge on any atom is 0.135 e. The third-order valence-electron chi connectivity index (χ3n) is 10.3. The molecule has 3 aromatic heterocycles. The Bertz CT molecular complexity index is 2970. The molecule has 0 saturated carbocycles. The quantitative estimate of drug-likeness (QED) is 0.178. The molecule has 0 aliphatic heterocycles. The van der Waals surface area contributed by atoms with E-state index < -0.39 is 0 Å². The van der Waals surface area contributed by atoms with Crippen LogP contribution < -0.4 is 4.90 Å². The normalized spacial score (nSPS) is 11.8. The van der Waals surface area contributed by atoms with Gasteiger partial charge >= 0.3 is 0 Å². The highest BCUT2D eigenvalue weighted by atomic mass is 32.1. The van der Waals surface area contributed by atoms with E-state index in [9.17, 15) is 0 Å². The lowest BCUT2D eigenvalue weighted by Gasteiger charge is -2.26. The first-order valence-electron chi connectivity index (χ1n) is 17.5. The molecule has 0 amide bonds. The summed E-state index contributed by atoms with van der Waals surface area (Å²) < 4.78 is 11.5. The molecule has 0 spiro atoms. The van der Waals surface area contributed by atoms with Gasteiger partial charge in [0.25, 0.3) is 0 Å². The molecule has 0 atom stereocenters. The number of furan rings is 1. The van der Waals surface area contributed by atoms with E-state index in [1.165, 1.54) is 62.6 Å². The number of hydrogen-bond acceptors (Lipinski definition) is 4. The smallest absolute Gasteiger partial charge is 0.135 e. The summed E-state index contributed by atoms with van der Waals surface area (Å²) in [7, 11) is 0. The van der Waals surface area contributed by atoms with Gasteiger partial charge in [0.05, 0.1) is 0 Å². The molecule has 0 unspecified atom stereocenters. The van der Waals surface area contributed by atoms with Crippen molar-refractivity contribution in [3.63, 3.8) is 0 Å². The minimum absolute atomic E-state index is 0.892. The van der Waals surface area contributed by atoms with Gasteiger partial charge in [-0.1, -0.05) is 115 Å². The second-order valence-corrected chi connectivity index (χ2v) is 15.4. The summed E-state index contributed by atoms with van der Waals surface area (Å²) in [6.45, 7) is 0. The van der Waals surface area contributed by atoms with Gasteiger partial charge in [0.15, 0.2) is 0 Å². The lowest BCUT2D eigenvalue weighted by atomic mass is 10.0. The molecule has 4 heteroatoms. The second kappa shape index (κ2) is 11.7. The molecule has 3 heterocycles. The largest absolute Gasteiger partial charge is 0.456 e. The monoisotopic (exact) mass is 699 g/mol. The van der Waals surface area contributed by atoms with Gasteiger partial charge < -0.3 is 9.32 Å². The molecule has 0 aliphatic carbocycles. The van der Waals surface area contributed by atoms with Crippen LogP contribution in [0.4, 0.5) is 17.1 Å². The molecule has 8 aromatic carbocycles. The van der Waals surface area contributed by atoms with Gasteiger partial charge in [-0.15, -0.1) is 22.7 Å². The Labute approximate surface area is 308 Å². The molecule has 11 rings (SSSR count). The molecule has 0 saturated heterocycles. The van der Waals surface area contributed by atoms with Crippen LogP contribution in [0.5, 0.6) is 0 Å². The summed E-state index contributed by atoms with van der Waals surface area (Å²) in [5.74, 6) is 0. The van der Waals surface area contributed by atoms with E-state index in [-0.39, 0.29) is 0 Å². The number of benzene rings is 8. The fraction of sp³-hybridized carbons (Fsp3) is 0. The fourth-order valence-electron chi connectivity index (χ4n) is 7.83. The Morgan fingerprint density at radius 1 is 0.346 bits per heavy atom. The van der Waals surface area contributed by atoms with E-state index in [2.05, 4.69) is 169 Å². The zero-order valence-electron chi connectivity index (χ0n) is 27.9. The fourth-order valence-corrected chi connectivity index (χ4v) is 10.3. The molecule has 11 aromatic rings. The van der Waals surface area contributed by atoms with Gasteiger partial charge in [-0.3, -0.25) is 0 Å². The lowest BCUT2D eigenvalue weighted by molar-refractivity contribution is 0.669.